The molecule has 0 saturated carbocycles. The van der Waals surface area contributed by atoms with E-state index in [9.17, 15) is 4.79 Å². The van der Waals surface area contributed by atoms with Crippen molar-refractivity contribution < 1.29 is 14.3 Å². The Kier molecular flexibility index (Phi) is 5.36. The Hall–Kier alpha value is -1.39. The zero-order valence-electron chi connectivity index (χ0n) is 11.4. The first-order valence-electron chi connectivity index (χ1n) is 6.80. The molecule has 1 heterocycles. The van der Waals surface area contributed by atoms with Crippen LogP contribution < -0.4 is 0 Å². The van der Waals surface area contributed by atoms with Crippen molar-refractivity contribution in [2.75, 3.05) is 26.6 Å². The summed E-state index contributed by atoms with van der Waals surface area (Å²) in [5.74, 6) is 0.0203. The highest BCUT2D eigenvalue weighted by molar-refractivity contribution is 5.78. The smallest absolute Gasteiger partial charge is 0.250 e. The molecule has 4 nitrogen and oxygen atoms in total. The lowest BCUT2D eigenvalue weighted by Crippen LogP contribution is -2.40. The molecule has 1 aromatic carbocycles. The SMILES string of the molecule is CCCOCC(=O)N1COC[C@@H]1Cc1ccccc1. The standard InChI is InChI=1S/C15H21NO3/c1-2-8-18-11-15(17)16-12-19-10-14(16)9-13-6-4-3-5-7-13/h3-7,14H,2,8-12H2,1H3/t14-/m0/s1. The minimum Gasteiger partial charge on any atom is -0.372 e. The normalized spacial score (nSPS) is 18.8. The molecule has 1 aliphatic rings. The zero-order chi connectivity index (χ0) is 13.5. The molecule has 104 valence electrons. The fourth-order valence-electron chi connectivity index (χ4n) is 2.20. The molecule has 1 saturated heterocycles. The molecule has 2 rings (SSSR count). The van der Waals surface area contributed by atoms with Gasteiger partial charge in [-0.2, -0.15) is 0 Å². The van der Waals surface area contributed by atoms with Crippen LogP contribution in [0, 0.1) is 0 Å². The van der Waals surface area contributed by atoms with Gasteiger partial charge in [-0.05, 0) is 18.4 Å². The number of carbonyl (C=O) groups is 1. The molecule has 0 bridgehead atoms. The second kappa shape index (κ2) is 7.26. The Balaban J connectivity index is 1.88. The van der Waals surface area contributed by atoms with Crippen molar-refractivity contribution in [3.8, 4) is 0 Å². The zero-order valence-corrected chi connectivity index (χ0v) is 11.4. The minimum atomic E-state index is 0.0203. The molecule has 0 radical (unpaired) electrons. The van der Waals surface area contributed by atoms with Gasteiger partial charge in [0.15, 0.2) is 0 Å². The van der Waals surface area contributed by atoms with Crippen molar-refractivity contribution >= 4 is 5.91 Å². The molecular weight excluding hydrogens is 242 g/mol. The predicted octanol–water partition coefficient (Wildman–Crippen LogP) is 1.84. The van der Waals surface area contributed by atoms with Crippen LogP contribution in [0.25, 0.3) is 0 Å². The van der Waals surface area contributed by atoms with Gasteiger partial charge < -0.3 is 14.4 Å². The molecule has 0 aromatic heterocycles. The fourth-order valence-corrected chi connectivity index (χ4v) is 2.20. The van der Waals surface area contributed by atoms with Crippen LogP contribution in [-0.2, 0) is 20.7 Å². The summed E-state index contributed by atoms with van der Waals surface area (Å²) in [7, 11) is 0. The summed E-state index contributed by atoms with van der Waals surface area (Å²) < 4.78 is 10.7. The maximum atomic E-state index is 12.0. The second-order valence-corrected chi connectivity index (χ2v) is 4.76. The molecule has 0 unspecified atom stereocenters. The Morgan fingerprint density at radius 1 is 1.42 bits per heavy atom. The third-order valence-electron chi connectivity index (χ3n) is 3.19. The van der Waals surface area contributed by atoms with E-state index >= 15 is 0 Å². The van der Waals surface area contributed by atoms with Gasteiger partial charge in [-0.25, -0.2) is 0 Å². The number of carbonyl (C=O) groups excluding carboxylic acids is 1. The van der Waals surface area contributed by atoms with Gasteiger partial charge >= 0.3 is 0 Å². The number of nitrogens with zero attached hydrogens (tertiary/aromatic N) is 1. The van der Waals surface area contributed by atoms with Crippen LogP contribution in [0.5, 0.6) is 0 Å². The summed E-state index contributed by atoms with van der Waals surface area (Å²) in [4.78, 5) is 13.8. The van der Waals surface area contributed by atoms with E-state index in [-0.39, 0.29) is 18.6 Å². The van der Waals surface area contributed by atoms with E-state index in [0.717, 1.165) is 12.8 Å². The fraction of sp³-hybridized carbons (Fsp3) is 0.533. The van der Waals surface area contributed by atoms with Crippen molar-refractivity contribution in [2.24, 2.45) is 0 Å². The van der Waals surface area contributed by atoms with Crippen molar-refractivity contribution in [1.29, 1.82) is 0 Å². The maximum absolute atomic E-state index is 12.0. The first kappa shape index (κ1) is 14.0. The molecular formula is C15H21NO3. The Morgan fingerprint density at radius 2 is 2.21 bits per heavy atom. The van der Waals surface area contributed by atoms with Crippen LogP contribution in [0.3, 0.4) is 0 Å². The third-order valence-corrected chi connectivity index (χ3v) is 3.19. The quantitative estimate of drug-likeness (QED) is 0.735. The van der Waals surface area contributed by atoms with Gasteiger partial charge in [-0.1, -0.05) is 37.3 Å². The van der Waals surface area contributed by atoms with Gasteiger partial charge in [0, 0.05) is 6.61 Å². The number of amides is 1. The average molecular weight is 263 g/mol. The van der Waals surface area contributed by atoms with Gasteiger partial charge in [0.25, 0.3) is 5.91 Å². The minimum absolute atomic E-state index is 0.0203. The lowest BCUT2D eigenvalue weighted by atomic mass is 10.1. The Bertz CT molecular complexity index is 394. The van der Waals surface area contributed by atoms with E-state index < -0.39 is 0 Å². The van der Waals surface area contributed by atoms with E-state index in [4.69, 9.17) is 9.47 Å². The van der Waals surface area contributed by atoms with Crippen LogP contribution >= 0.6 is 0 Å². The highest BCUT2D eigenvalue weighted by atomic mass is 16.5. The molecule has 4 heteroatoms. The van der Waals surface area contributed by atoms with Crippen molar-refractivity contribution in [2.45, 2.75) is 25.8 Å². The molecule has 1 aliphatic heterocycles. The summed E-state index contributed by atoms with van der Waals surface area (Å²) in [6.45, 7) is 3.80. The number of rotatable bonds is 6. The van der Waals surface area contributed by atoms with Crippen molar-refractivity contribution in [3.05, 3.63) is 35.9 Å². The Morgan fingerprint density at radius 3 is 2.95 bits per heavy atom. The first-order chi connectivity index (χ1) is 9.31. The van der Waals surface area contributed by atoms with Crippen molar-refractivity contribution in [1.82, 2.24) is 4.90 Å². The van der Waals surface area contributed by atoms with E-state index in [1.165, 1.54) is 5.56 Å². The molecule has 0 N–H and O–H groups in total. The number of hydrogen-bond donors (Lipinski definition) is 0. The highest BCUT2D eigenvalue weighted by Gasteiger charge is 2.29. The maximum Gasteiger partial charge on any atom is 0.250 e. The van der Waals surface area contributed by atoms with Crippen LogP contribution in [0.4, 0.5) is 0 Å². The molecule has 1 atom stereocenters. The van der Waals surface area contributed by atoms with Gasteiger partial charge in [0.05, 0.1) is 12.6 Å². The lowest BCUT2D eigenvalue weighted by molar-refractivity contribution is -0.138. The third kappa shape index (κ3) is 4.04. The van der Waals surface area contributed by atoms with E-state index in [0.29, 0.717) is 19.9 Å². The largest absolute Gasteiger partial charge is 0.372 e. The van der Waals surface area contributed by atoms with E-state index in [1.807, 2.05) is 25.1 Å². The van der Waals surface area contributed by atoms with E-state index in [1.54, 1.807) is 4.90 Å². The summed E-state index contributed by atoms with van der Waals surface area (Å²) in [5, 5.41) is 0. The van der Waals surface area contributed by atoms with Crippen LogP contribution in [0.1, 0.15) is 18.9 Å². The lowest BCUT2D eigenvalue weighted by Gasteiger charge is -2.22. The molecule has 1 amide bonds. The van der Waals surface area contributed by atoms with Gasteiger partial charge in [-0.15, -0.1) is 0 Å². The average Bonchev–Trinajstić information content (AvgIpc) is 2.88. The number of ether oxygens (including phenoxy) is 2. The van der Waals surface area contributed by atoms with Crippen LogP contribution in [0.15, 0.2) is 30.3 Å². The van der Waals surface area contributed by atoms with Crippen LogP contribution in [0.2, 0.25) is 0 Å². The molecule has 19 heavy (non-hydrogen) atoms. The topological polar surface area (TPSA) is 38.8 Å². The predicted molar refractivity (Wildman–Crippen MR) is 72.7 cm³/mol. The van der Waals surface area contributed by atoms with Crippen LogP contribution in [-0.4, -0.2) is 43.4 Å². The molecule has 1 fully saturated rings. The second-order valence-electron chi connectivity index (χ2n) is 4.76. The first-order valence-corrected chi connectivity index (χ1v) is 6.80. The monoisotopic (exact) mass is 263 g/mol. The molecule has 1 aromatic rings. The summed E-state index contributed by atoms with van der Waals surface area (Å²) in [5.41, 5.74) is 1.23. The number of hydrogen-bond acceptors (Lipinski definition) is 3. The van der Waals surface area contributed by atoms with Gasteiger partial charge in [0.2, 0.25) is 0 Å². The molecule has 0 aliphatic carbocycles. The highest BCUT2D eigenvalue weighted by Crippen LogP contribution is 2.15. The summed E-state index contributed by atoms with van der Waals surface area (Å²) >= 11 is 0. The number of benzene rings is 1. The summed E-state index contributed by atoms with van der Waals surface area (Å²) in [6.07, 6.45) is 1.76. The molecule has 0 spiro atoms. The van der Waals surface area contributed by atoms with Crippen molar-refractivity contribution in [3.63, 3.8) is 0 Å². The van der Waals surface area contributed by atoms with E-state index in [2.05, 4.69) is 12.1 Å². The van der Waals surface area contributed by atoms with Gasteiger partial charge in [-0.3, -0.25) is 4.79 Å². The van der Waals surface area contributed by atoms with Gasteiger partial charge in [0.1, 0.15) is 13.3 Å². The summed E-state index contributed by atoms with van der Waals surface area (Å²) in [6, 6.07) is 10.3. The Labute approximate surface area is 114 Å².